The molecule has 0 aromatic heterocycles. The van der Waals surface area contributed by atoms with Crippen LogP contribution in [-0.4, -0.2) is 34.9 Å². The Kier molecular flexibility index (Phi) is 6.08. The minimum Gasteiger partial charge on any atom is -0.349 e. The molecule has 1 N–H and O–H groups in total. The molecule has 0 saturated carbocycles. The molecule has 0 atom stereocenters. The first kappa shape index (κ1) is 19.3. The highest BCUT2D eigenvalue weighted by atomic mass is 35.5. The summed E-state index contributed by atoms with van der Waals surface area (Å²) >= 11 is 5.92. The van der Waals surface area contributed by atoms with Gasteiger partial charge in [-0.2, -0.15) is 0 Å². The van der Waals surface area contributed by atoms with Crippen molar-refractivity contribution in [3.63, 3.8) is 0 Å². The van der Waals surface area contributed by atoms with Crippen molar-refractivity contribution in [2.75, 3.05) is 13.1 Å². The van der Waals surface area contributed by atoms with Gasteiger partial charge in [0.2, 0.25) is 0 Å². The van der Waals surface area contributed by atoms with Gasteiger partial charge in [0.25, 0.3) is 11.6 Å². The van der Waals surface area contributed by atoms with Crippen molar-refractivity contribution in [3.05, 3.63) is 74.3 Å². The van der Waals surface area contributed by atoms with Gasteiger partial charge in [0.15, 0.2) is 0 Å². The Bertz CT molecular complexity index is 831. The molecule has 1 aliphatic rings. The molecule has 0 spiro atoms. The number of nitro groups is 1. The second-order valence-corrected chi connectivity index (χ2v) is 7.35. The first-order chi connectivity index (χ1) is 12.9. The van der Waals surface area contributed by atoms with Crippen LogP contribution in [0.3, 0.4) is 0 Å². The molecule has 3 rings (SSSR count). The average Bonchev–Trinajstić information content (AvgIpc) is 2.64. The Labute approximate surface area is 163 Å². The van der Waals surface area contributed by atoms with Gasteiger partial charge in [-0.05, 0) is 49.6 Å². The number of carbonyl (C=O) groups is 1. The number of halogens is 1. The number of nitrogens with zero attached hydrogens (tertiary/aromatic N) is 2. The summed E-state index contributed by atoms with van der Waals surface area (Å²) in [5.74, 6) is -0.177. The molecule has 0 unspecified atom stereocenters. The Hall–Kier alpha value is -2.44. The number of nitro benzene ring substituents is 1. The van der Waals surface area contributed by atoms with Gasteiger partial charge in [0, 0.05) is 47.9 Å². The quantitative estimate of drug-likeness (QED) is 0.622. The van der Waals surface area contributed by atoms with E-state index in [9.17, 15) is 14.9 Å². The minimum absolute atomic E-state index is 0.0297. The summed E-state index contributed by atoms with van der Waals surface area (Å²) in [6.07, 6.45) is 1.76. The van der Waals surface area contributed by atoms with E-state index < -0.39 is 4.92 Å². The van der Waals surface area contributed by atoms with Crippen molar-refractivity contribution >= 4 is 23.2 Å². The van der Waals surface area contributed by atoms with Gasteiger partial charge in [-0.15, -0.1) is 0 Å². The molecule has 142 valence electrons. The molecule has 2 aromatic rings. The largest absolute Gasteiger partial charge is 0.349 e. The molecule has 0 aliphatic carbocycles. The van der Waals surface area contributed by atoms with Gasteiger partial charge in [0.1, 0.15) is 0 Å². The van der Waals surface area contributed by atoms with Gasteiger partial charge in [-0.3, -0.25) is 19.8 Å². The number of amides is 1. The molecule has 1 aliphatic heterocycles. The molecule has 1 heterocycles. The first-order valence-electron chi connectivity index (χ1n) is 8.95. The Morgan fingerprint density at radius 1 is 1.22 bits per heavy atom. The van der Waals surface area contributed by atoms with Crippen LogP contribution in [0.5, 0.6) is 0 Å². The van der Waals surface area contributed by atoms with Crippen molar-refractivity contribution in [3.8, 4) is 0 Å². The molecule has 27 heavy (non-hydrogen) atoms. The van der Waals surface area contributed by atoms with Gasteiger partial charge in [-0.25, -0.2) is 0 Å². The lowest BCUT2D eigenvalue weighted by molar-refractivity contribution is -0.385. The fourth-order valence-electron chi connectivity index (χ4n) is 3.35. The summed E-state index contributed by atoms with van der Waals surface area (Å²) in [5, 5.41) is 14.7. The maximum Gasteiger partial charge on any atom is 0.272 e. The topological polar surface area (TPSA) is 75.5 Å². The van der Waals surface area contributed by atoms with E-state index in [1.807, 2.05) is 24.3 Å². The highest BCUT2D eigenvalue weighted by Gasteiger charge is 2.22. The van der Waals surface area contributed by atoms with Crippen LogP contribution in [0.25, 0.3) is 0 Å². The number of aryl methyl sites for hydroxylation is 1. The monoisotopic (exact) mass is 387 g/mol. The number of carbonyl (C=O) groups excluding carboxylic acids is 1. The predicted octanol–water partition coefficient (Wildman–Crippen LogP) is 3.95. The zero-order valence-electron chi connectivity index (χ0n) is 15.2. The number of piperidine rings is 1. The lowest BCUT2D eigenvalue weighted by Gasteiger charge is -2.32. The summed E-state index contributed by atoms with van der Waals surface area (Å²) in [5.41, 5.74) is 2.21. The van der Waals surface area contributed by atoms with Crippen LogP contribution in [0.15, 0.2) is 42.5 Å². The molecule has 0 radical (unpaired) electrons. The maximum atomic E-state index is 12.4. The van der Waals surface area contributed by atoms with Crippen LogP contribution in [0.4, 0.5) is 5.69 Å². The van der Waals surface area contributed by atoms with Crippen molar-refractivity contribution in [2.24, 2.45) is 0 Å². The van der Waals surface area contributed by atoms with Gasteiger partial charge < -0.3 is 5.32 Å². The van der Waals surface area contributed by atoms with E-state index >= 15 is 0 Å². The van der Waals surface area contributed by atoms with Crippen LogP contribution >= 0.6 is 11.6 Å². The van der Waals surface area contributed by atoms with Crippen LogP contribution in [0.2, 0.25) is 5.02 Å². The van der Waals surface area contributed by atoms with E-state index in [-0.39, 0.29) is 17.6 Å². The van der Waals surface area contributed by atoms with Gasteiger partial charge >= 0.3 is 0 Å². The van der Waals surface area contributed by atoms with Crippen molar-refractivity contribution in [2.45, 2.75) is 32.4 Å². The van der Waals surface area contributed by atoms with E-state index in [1.54, 1.807) is 13.0 Å². The molecule has 2 aromatic carbocycles. The highest BCUT2D eigenvalue weighted by Crippen LogP contribution is 2.20. The van der Waals surface area contributed by atoms with Crippen LogP contribution in [0, 0.1) is 17.0 Å². The Morgan fingerprint density at radius 3 is 2.48 bits per heavy atom. The lowest BCUT2D eigenvalue weighted by atomic mass is 10.0. The normalized spacial score (nSPS) is 15.5. The molecule has 6 nitrogen and oxygen atoms in total. The molecule has 1 saturated heterocycles. The Balaban J connectivity index is 1.51. The number of likely N-dealkylation sites (tertiary alicyclic amines) is 1. The van der Waals surface area contributed by atoms with Crippen LogP contribution in [0.1, 0.15) is 34.3 Å². The standard InChI is InChI=1S/C20H22ClN3O3/c1-14-12-16(4-7-19(14)24(26)27)20(25)22-18-8-10-23(11-9-18)13-15-2-5-17(21)6-3-15/h2-7,12,18H,8-11,13H2,1H3,(H,22,25). The minimum atomic E-state index is -0.437. The summed E-state index contributed by atoms with van der Waals surface area (Å²) in [6, 6.07) is 12.5. The zero-order chi connectivity index (χ0) is 19.4. The van der Waals surface area contributed by atoms with Crippen LogP contribution in [-0.2, 0) is 6.54 Å². The maximum absolute atomic E-state index is 12.4. The van der Waals surface area contributed by atoms with Crippen molar-refractivity contribution < 1.29 is 9.72 Å². The van der Waals surface area contributed by atoms with E-state index in [2.05, 4.69) is 10.2 Å². The molecule has 1 amide bonds. The Morgan fingerprint density at radius 2 is 1.89 bits per heavy atom. The third kappa shape index (κ3) is 5.05. The first-order valence-corrected chi connectivity index (χ1v) is 9.33. The molecule has 1 fully saturated rings. The summed E-state index contributed by atoms with van der Waals surface area (Å²) < 4.78 is 0. The number of hydrogen-bond donors (Lipinski definition) is 1. The molecular formula is C20H22ClN3O3. The van der Waals surface area contributed by atoms with Crippen molar-refractivity contribution in [1.29, 1.82) is 0 Å². The number of rotatable bonds is 5. The zero-order valence-corrected chi connectivity index (χ0v) is 15.9. The number of benzene rings is 2. The molecular weight excluding hydrogens is 366 g/mol. The SMILES string of the molecule is Cc1cc(C(=O)NC2CCN(Cc3ccc(Cl)cc3)CC2)ccc1[N+](=O)[O-]. The number of hydrogen-bond acceptors (Lipinski definition) is 4. The van der Waals surface area contributed by atoms with E-state index in [1.165, 1.54) is 17.7 Å². The predicted molar refractivity (Wildman–Crippen MR) is 105 cm³/mol. The fraction of sp³-hybridized carbons (Fsp3) is 0.350. The second-order valence-electron chi connectivity index (χ2n) is 6.91. The van der Waals surface area contributed by atoms with Crippen LogP contribution < -0.4 is 5.32 Å². The molecule has 0 bridgehead atoms. The average molecular weight is 388 g/mol. The van der Waals surface area contributed by atoms with E-state index in [0.29, 0.717) is 11.1 Å². The van der Waals surface area contributed by atoms with Crippen molar-refractivity contribution in [1.82, 2.24) is 10.2 Å². The summed E-state index contributed by atoms with van der Waals surface area (Å²) in [7, 11) is 0. The second kappa shape index (κ2) is 8.50. The third-order valence-electron chi connectivity index (χ3n) is 4.90. The van der Waals surface area contributed by atoms with E-state index in [0.717, 1.165) is 37.5 Å². The highest BCUT2D eigenvalue weighted by molar-refractivity contribution is 6.30. The van der Waals surface area contributed by atoms with Gasteiger partial charge in [-0.1, -0.05) is 23.7 Å². The molecule has 7 heteroatoms. The summed E-state index contributed by atoms with van der Waals surface area (Å²) in [4.78, 5) is 25.3. The fourth-order valence-corrected chi connectivity index (χ4v) is 3.48. The lowest BCUT2D eigenvalue weighted by Crippen LogP contribution is -2.44. The van der Waals surface area contributed by atoms with Gasteiger partial charge in [0.05, 0.1) is 4.92 Å². The number of nitrogens with one attached hydrogen (secondary N) is 1. The smallest absolute Gasteiger partial charge is 0.272 e. The third-order valence-corrected chi connectivity index (χ3v) is 5.15. The van der Waals surface area contributed by atoms with E-state index in [4.69, 9.17) is 11.6 Å². The summed E-state index contributed by atoms with van der Waals surface area (Å²) in [6.45, 7) is 4.34.